The van der Waals surface area contributed by atoms with E-state index in [1.54, 1.807) is 7.11 Å². The van der Waals surface area contributed by atoms with E-state index >= 15 is 0 Å². The van der Waals surface area contributed by atoms with E-state index in [1.165, 1.54) is 38.0 Å². The summed E-state index contributed by atoms with van der Waals surface area (Å²) in [5.74, 6) is 2.35. The summed E-state index contributed by atoms with van der Waals surface area (Å²) >= 11 is 1.97. The fourth-order valence-electron chi connectivity index (χ4n) is 1.71. The largest absolute Gasteiger partial charge is 0.384 e. The monoisotopic (exact) mass is 203 g/mol. The minimum atomic E-state index is 0.822. The maximum Gasteiger partial charge on any atom is 0.0552 e. The van der Waals surface area contributed by atoms with Crippen LogP contribution in [0.1, 0.15) is 25.7 Å². The number of hydrogen-bond acceptors (Lipinski definition) is 3. The highest BCUT2D eigenvalue weighted by molar-refractivity contribution is 7.99. The van der Waals surface area contributed by atoms with Gasteiger partial charge >= 0.3 is 0 Å². The highest BCUT2D eigenvalue weighted by Crippen LogP contribution is 2.17. The lowest BCUT2D eigenvalue weighted by Crippen LogP contribution is -2.28. The van der Waals surface area contributed by atoms with Crippen molar-refractivity contribution in [3.8, 4) is 0 Å². The molecule has 0 spiro atoms. The third kappa shape index (κ3) is 5.55. The lowest BCUT2D eigenvalue weighted by molar-refractivity contribution is 0.218. The van der Waals surface area contributed by atoms with Crippen molar-refractivity contribution in [1.82, 2.24) is 5.32 Å². The van der Waals surface area contributed by atoms with E-state index < -0.39 is 0 Å². The second-order valence-electron chi connectivity index (χ2n) is 3.54. The van der Waals surface area contributed by atoms with Gasteiger partial charge in [0.2, 0.25) is 0 Å². The Balaban J connectivity index is 1.78. The van der Waals surface area contributed by atoms with Gasteiger partial charge in [0.15, 0.2) is 0 Å². The predicted octanol–water partition coefficient (Wildman–Crippen LogP) is 1.90. The summed E-state index contributed by atoms with van der Waals surface area (Å²) in [5.41, 5.74) is 0. The third-order valence-corrected chi connectivity index (χ3v) is 3.41. The molecule has 1 aliphatic rings. The Morgan fingerprint density at radius 3 is 2.77 bits per heavy atom. The Kier molecular flexibility index (Phi) is 6.68. The van der Waals surface area contributed by atoms with Gasteiger partial charge in [0, 0.05) is 31.2 Å². The summed E-state index contributed by atoms with van der Waals surface area (Å²) < 4.78 is 4.98. The van der Waals surface area contributed by atoms with Gasteiger partial charge in [-0.25, -0.2) is 0 Å². The van der Waals surface area contributed by atoms with E-state index in [9.17, 15) is 0 Å². The molecule has 1 saturated carbocycles. The molecule has 0 saturated heterocycles. The highest BCUT2D eigenvalue weighted by Gasteiger charge is 2.12. The Hall–Kier alpha value is 0.270. The fourth-order valence-corrected chi connectivity index (χ4v) is 2.46. The molecule has 0 bridgehead atoms. The number of methoxy groups -OCH3 is 1. The summed E-state index contributed by atoms with van der Waals surface area (Å²) in [5, 5.41) is 3.60. The summed E-state index contributed by atoms with van der Waals surface area (Å²) in [7, 11) is 1.76. The molecule has 0 aliphatic heterocycles. The summed E-state index contributed by atoms with van der Waals surface area (Å²) in [4.78, 5) is 0. The van der Waals surface area contributed by atoms with E-state index in [0.29, 0.717) is 0 Å². The molecule has 3 heteroatoms. The molecular weight excluding hydrogens is 182 g/mol. The van der Waals surface area contributed by atoms with Crippen molar-refractivity contribution in [2.45, 2.75) is 31.7 Å². The van der Waals surface area contributed by atoms with Crippen molar-refractivity contribution in [1.29, 1.82) is 0 Å². The number of thioether (sulfide) groups is 1. The number of ether oxygens (including phenoxy) is 1. The zero-order valence-corrected chi connectivity index (χ0v) is 9.37. The zero-order chi connectivity index (χ0) is 9.36. The average molecular weight is 203 g/mol. The van der Waals surface area contributed by atoms with Gasteiger partial charge in [-0.2, -0.15) is 11.8 Å². The molecule has 0 heterocycles. The van der Waals surface area contributed by atoms with Crippen LogP contribution in [0.25, 0.3) is 0 Å². The minimum Gasteiger partial charge on any atom is -0.384 e. The van der Waals surface area contributed by atoms with Crippen LogP contribution in [0.2, 0.25) is 0 Å². The molecule has 0 amide bonds. The van der Waals surface area contributed by atoms with Crippen LogP contribution in [0.15, 0.2) is 0 Å². The standard InChI is InChI=1S/C10H21NOS/c1-12-7-9-13-8-6-11-10-4-2-3-5-10/h10-11H,2-9H2,1H3. The molecule has 0 atom stereocenters. The van der Waals surface area contributed by atoms with E-state index in [0.717, 1.165) is 18.4 Å². The number of rotatable bonds is 7. The van der Waals surface area contributed by atoms with Crippen LogP contribution in [-0.2, 0) is 4.74 Å². The van der Waals surface area contributed by atoms with Gasteiger partial charge in [-0.1, -0.05) is 12.8 Å². The summed E-state index contributed by atoms with van der Waals surface area (Å²) in [6.45, 7) is 2.05. The Bertz CT molecular complexity index is 115. The predicted molar refractivity (Wildman–Crippen MR) is 59.5 cm³/mol. The molecule has 1 aliphatic carbocycles. The van der Waals surface area contributed by atoms with Crippen LogP contribution in [0.4, 0.5) is 0 Å². The number of hydrogen-bond donors (Lipinski definition) is 1. The van der Waals surface area contributed by atoms with Gasteiger partial charge in [0.25, 0.3) is 0 Å². The molecule has 0 aromatic carbocycles. The first-order chi connectivity index (χ1) is 6.43. The maximum atomic E-state index is 4.98. The molecule has 0 aromatic rings. The molecular formula is C10H21NOS. The lowest BCUT2D eigenvalue weighted by atomic mass is 10.2. The fraction of sp³-hybridized carbons (Fsp3) is 1.00. The van der Waals surface area contributed by atoms with Crippen LogP contribution in [0.3, 0.4) is 0 Å². The molecule has 1 fully saturated rings. The second kappa shape index (κ2) is 7.65. The van der Waals surface area contributed by atoms with E-state index in [2.05, 4.69) is 5.32 Å². The van der Waals surface area contributed by atoms with Gasteiger partial charge in [-0.15, -0.1) is 0 Å². The van der Waals surface area contributed by atoms with Crippen molar-refractivity contribution in [2.24, 2.45) is 0 Å². The van der Waals surface area contributed by atoms with Gasteiger partial charge in [-0.3, -0.25) is 0 Å². The van der Waals surface area contributed by atoms with Gasteiger partial charge in [-0.05, 0) is 12.8 Å². The normalized spacial score (nSPS) is 18.2. The molecule has 1 rings (SSSR count). The average Bonchev–Trinajstić information content (AvgIpc) is 2.63. The van der Waals surface area contributed by atoms with Crippen LogP contribution >= 0.6 is 11.8 Å². The van der Waals surface area contributed by atoms with Crippen molar-refractivity contribution in [3.63, 3.8) is 0 Å². The van der Waals surface area contributed by atoms with E-state index in [4.69, 9.17) is 4.74 Å². The van der Waals surface area contributed by atoms with Crippen LogP contribution in [0.5, 0.6) is 0 Å². The van der Waals surface area contributed by atoms with Gasteiger partial charge in [0.05, 0.1) is 6.61 Å². The first-order valence-corrected chi connectivity index (χ1v) is 6.39. The second-order valence-corrected chi connectivity index (χ2v) is 4.77. The third-order valence-electron chi connectivity index (χ3n) is 2.47. The molecule has 13 heavy (non-hydrogen) atoms. The SMILES string of the molecule is COCCSCCNC1CCCC1. The Morgan fingerprint density at radius 2 is 2.08 bits per heavy atom. The first-order valence-electron chi connectivity index (χ1n) is 5.23. The van der Waals surface area contributed by atoms with Crippen molar-refractivity contribution in [3.05, 3.63) is 0 Å². The van der Waals surface area contributed by atoms with Gasteiger partial charge in [0.1, 0.15) is 0 Å². The molecule has 1 N–H and O–H groups in total. The number of nitrogens with one attached hydrogen (secondary N) is 1. The van der Waals surface area contributed by atoms with Crippen molar-refractivity contribution in [2.75, 3.05) is 31.8 Å². The minimum absolute atomic E-state index is 0.822. The highest BCUT2D eigenvalue weighted by atomic mass is 32.2. The molecule has 0 radical (unpaired) electrons. The van der Waals surface area contributed by atoms with E-state index in [1.807, 2.05) is 11.8 Å². The Labute approximate surface area is 85.8 Å². The zero-order valence-electron chi connectivity index (χ0n) is 8.55. The molecule has 2 nitrogen and oxygen atoms in total. The van der Waals surface area contributed by atoms with Crippen LogP contribution in [0, 0.1) is 0 Å². The van der Waals surface area contributed by atoms with Crippen molar-refractivity contribution >= 4 is 11.8 Å². The molecule has 0 unspecified atom stereocenters. The van der Waals surface area contributed by atoms with Gasteiger partial charge < -0.3 is 10.1 Å². The lowest BCUT2D eigenvalue weighted by Gasteiger charge is -2.10. The maximum absolute atomic E-state index is 4.98. The topological polar surface area (TPSA) is 21.3 Å². The smallest absolute Gasteiger partial charge is 0.0552 e. The first kappa shape index (κ1) is 11.3. The van der Waals surface area contributed by atoms with Crippen LogP contribution < -0.4 is 5.32 Å². The van der Waals surface area contributed by atoms with E-state index in [-0.39, 0.29) is 0 Å². The van der Waals surface area contributed by atoms with Crippen LogP contribution in [-0.4, -0.2) is 37.8 Å². The summed E-state index contributed by atoms with van der Waals surface area (Å²) in [6, 6.07) is 0.822. The quantitative estimate of drug-likeness (QED) is 0.639. The Morgan fingerprint density at radius 1 is 1.31 bits per heavy atom. The molecule has 78 valence electrons. The molecule has 0 aromatic heterocycles. The summed E-state index contributed by atoms with van der Waals surface area (Å²) in [6.07, 6.45) is 5.63. The van der Waals surface area contributed by atoms with Crippen molar-refractivity contribution < 1.29 is 4.74 Å².